The Morgan fingerprint density at radius 3 is 2.92 bits per heavy atom. The predicted octanol–water partition coefficient (Wildman–Crippen LogP) is -0.252. The van der Waals surface area contributed by atoms with Gasteiger partial charge >= 0.3 is 5.97 Å². The van der Waals surface area contributed by atoms with Crippen LogP contribution in [-0.2, 0) is 9.53 Å². The summed E-state index contributed by atoms with van der Waals surface area (Å²) in [6.07, 6.45) is 3.56. The Bertz CT molecular complexity index is 248. The van der Waals surface area contributed by atoms with E-state index in [0.29, 0.717) is 6.42 Å². The van der Waals surface area contributed by atoms with Gasteiger partial charge < -0.3 is 10.5 Å². The van der Waals surface area contributed by atoms with Crippen molar-refractivity contribution in [2.75, 3.05) is 7.11 Å². The van der Waals surface area contributed by atoms with Crippen LogP contribution in [0.1, 0.15) is 13.3 Å². The summed E-state index contributed by atoms with van der Waals surface area (Å²) in [7, 11) is 1.32. The number of aliphatic imine (C=N–C) groups is 2. The van der Waals surface area contributed by atoms with E-state index in [9.17, 15) is 4.79 Å². The van der Waals surface area contributed by atoms with E-state index in [1.165, 1.54) is 13.4 Å². The molecule has 0 amide bonds. The Labute approximate surface area is 76.7 Å². The normalized spacial score (nSPS) is 27.6. The standard InChI is InChI=1S/C8H13N3O2/c1-8(4-10-5-11-8)3-6(9)7(12)13-2/h4-6H,3,9H2,1-2H3. The minimum Gasteiger partial charge on any atom is -0.468 e. The molecule has 0 aromatic carbocycles. The van der Waals surface area contributed by atoms with Gasteiger partial charge in [0.25, 0.3) is 0 Å². The molecule has 1 rings (SSSR count). The van der Waals surface area contributed by atoms with Crippen molar-refractivity contribution in [3.8, 4) is 0 Å². The summed E-state index contributed by atoms with van der Waals surface area (Å²) >= 11 is 0. The smallest absolute Gasteiger partial charge is 0.322 e. The largest absolute Gasteiger partial charge is 0.468 e. The van der Waals surface area contributed by atoms with Gasteiger partial charge in [-0.1, -0.05) is 0 Å². The molecule has 0 fully saturated rings. The fraction of sp³-hybridized carbons (Fsp3) is 0.625. The molecule has 72 valence electrons. The van der Waals surface area contributed by atoms with E-state index in [1.807, 2.05) is 6.92 Å². The number of nitrogens with two attached hydrogens (primary N) is 1. The molecule has 0 aromatic rings. The van der Waals surface area contributed by atoms with Crippen molar-refractivity contribution in [3.63, 3.8) is 0 Å². The van der Waals surface area contributed by atoms with Crippen molar-refractivity contribution < 1.29 is 9.53 Å². The van der Waals surface area contributed by atoms with E-state index in [0.717, 1.165) is 0 Å². The molecule has 2 N–H and O–H groups in total. The third kappa shape index (κ3) is 2.35. The van der Waals surface area contributed by atoms with Gasteiger partial charge in [-0.15, -0.1) is 0 Å². The third-order valence-corrected chi connectivity index (χ3v) is 1.91. The molecule has 1 aliphatic rings. The molecule has 5 heteroatoms. The summed E-state index contributed by atoms with van der Waals surface area (Å²) < 4.78 is 4.51. The number of nitrogens with zero attached hydrogens (tertiary/aromatic N) is 2. The highest BCUT2D eigenvalue weighted by atomic mass is 16.5. The molecule has 0 aliphatic carbocycles. The van der Waals surface area contributed by atoms with E-state index in [4.69, 9.17) is 5.73 Å². The zero-order chi connectivity index (χ0) is 9.90. The summed E-state index contributed by atoms with van der Waals surface area (Å²) in [6.45, 7) is 1.86. The summed E-state index contributed by atoms with van der Waals surface area (Å²) in [5, 5.41) is 0. The first kappa shape index (κ1) is 9.85. The topological polar surface area (TPSA) is 77.0 Å². The average Bonchev–Trinajstić information content (AvgIpc) is 2.50. The Morgan fingerprint density at radius 1 is 1.77 bits per heavy atom. The van der Waals surface area contributed by atoms with Crippen LogP contribution in [0.5, 0.6) is 0 Å². The Morgan fingerprint density at radius 2 is 2.46 bits per heavy atom. The lowest BCUT2D eigenvalue weighted by atomic mass is 9.96. The van der Waals surface area contributed by atoms with Crippen LogP contribution in [0.4, 0.5) is 0 Å². The summed E-state index contributed by atoms with van der Waals surface area (Å²) in [6, 6.07) is -0.642. The van der Waals surface area contributed by atoms with E-state index < -0.39 is 17.6 Å². The second-order valence-electron chi connectivity index (χ2n) is 3.21. The number of hydrogen-bond donors (Lipinski definition) is 1. The molecule has 13 heavy (non-hydrogen) atoms. The number of methoxy groups -OCH3 is 1. The molecule has 1 aliphatic heterocycles. The Balaban J connectivity index is 2.53. The van der Waals surface area contributed by atoms with Crippen molar-refractivity contribution in [1.82, 2.24) is 0 Å². The molecule has 0 spiro atoms. The van der Waals surface area contributed by atoms with Gasteiger partial charge in [0, 0.05) is 12.6 Å². The van der Waals surface area contributed by atoms with Crippen molar-refractivity contribution >= 4 is 18.5 Å². The van der Waals surface area contributed by atoms with Crippen LogP contribution < -0.4 is 5.73 Å². The SMILES string of the molecule is COC(=O)C(N)CC1(C)C=NC=N1. The first-order valence-electron chi connectivity index (χ1n) is 3.99. The van der Waals surface area contributed by atoms with Gasteiger partial charge in [0.1, 0.15) is 12.4 Å². The summed E-state index contributed by atoms with van der Waals surface area (Å²) in [5.74, 6) is -0.420. The van der Waals surface area contributed by atoms with E-state index in [-0.39, 0.29) is 0 Å². The first-order valence-corrected chi connectivity index (χ1v) is 3.99. The number of esters is 1. The number of ether oxygens (including phenoxy) is 1. The van der Waals surface area contributed by atoms with Crippen molar-refractivity contribution in [2.45, 2.75) is 24.9 Å². The first-order chi connectivity index (χ1) is 6.07. The maximum absolute atomic E-state index is 11.0. The van der Waals surface area contributed by atoms with Crippen molar-refractivity contribution in [2.24, 2.45) is 15.7 Å². The van der Waals surface area contributed by atoms with Gasteiger partial charge in [-0.3, -0.25) is 9.79 Å². The molecule has 5 nitrogen and oxygen atoms in total. The second kappa shape index (κ2) is 3.66. The Hall–Kier alpha value is -1.23. The fourth-order valence-corrected chi connectivity index (χ4v) is 1.18. The fourth-order valence-electron chi connectivity index (χ4n) is 1.18. The van der Waals surface area contributed by atoms with Crippen LogP contribution in [0.2, 0.25) is 0 Å². The zero-order valence-electron chi connectivity index (χ0n) is 7.73. The highest BCUT2D eigenvalue weighted by molar-refractivity contribution is 5.86. The number of rotatable bonds is 3. The molecule has 2 unspecified atom stereocenters. The lowest BCUT2D eigenvalue weighted by Crippen LogP contribution is -2.39. The predicted molar refractivity (Wildman–Crippen MR) is 50.0 cm³/mol. The lowest BCUT2D eigenvalue weighted by Gasteiger charge is -2.19. The number of hydrogen-bond acceptors (Lipinski definition) is 5. The van der Waals surface area contributed by atoms with Gasteiger partial charge in [0.2, 0.25) is 0 Å². The second-order valence-corrected chi connectivity index (χ2v) is 3.21. The van der Waals surface area contributed by atoms with E-state index >= 15 is 0 Å². The average molecular weight is 183 g/mol. The van der Waals surface area contributed by atoms with Gasteiger partial charge in [0.05, 0.1) is 12.6 Å². The lowest BCUT2D eigenvalue weighted by molar-refractivity contribution is -0.142. The summed E-state index contributed by atoms with van der Waals surface area (Å²) in [4.78, 5) is 18.9. The molecule has 1 heterocycles. The molecule has 0 radical (unpaired) electrons. The van der Waals surface area contributed by atoms with Crippen molar-refractivity contribution in [3.05, 3.63) is 0 Å². The van der Waals surface area contributed by atoms with E-state index in [2.05, 4.69) is 14.7 Å². The van der Waals surface area contributed by atoms with Gasteiger partial charge in [-0.2, -0.15) is 0 Å². The maximum Gasteiger partial charge on any atom is 0.322 e. The molecular weight excluding hydrogens is 170 g/mol. The van der Waals surface area contributed by atoms with Crippen LogP contribution in [-0.4, -0.2) is 37.2 Å². The van der Waals surface area contributed by atoms with Crippen LogP contribution >= 0.6 is 0 Å². The van der Waals surface area contributed by atoms with Gasteiger partial charge in [0.15, 0.2) is 0 Å². The molecule has 0 saturated heterocycles. The highest BCUT2D eigenvalue weighted by Crippen LogP contribution is 2.17. The minimum absolute atomic E-state index is 0.416. The molecule has 0 aromatic heterocycles. The monoisotopic (exact) mass is 183 g/mol. The van der Waals surface area contributed by atoms with Gasteiger partial charge in [-0.25, -0.2) is 4.99 Å². The van der Waals surface area contributed by atoms with E-state index in [1.54, 1.807) is 6.21 Å². The molecular formula is C8H13N3O2. The quantitative estimate of drug-likeness (QED) is 0.613. The minimum atomic E-state index is -0.642. The van der Waals surface area contributed by atoms with Crippen LogP contribution in [0.15, 0.2) is 9.98 Å². The Kier molecular flexibility index (Phi) is 2.77. The number of carbonyl (C=O) groups is 1. The van der Waals surface area contributed by atoms with Crippen molar-refractivity contribution in [1.29, 1.82) is 0 Å². The number of carbonyl (C=O) groups excluding carboxylic acids is 1. The summed E-state index contributed by atoms with van der Waals surface area (Å²) in [5.41, 5.74) is 5.13. The molecule has 0 bridgehead atoms. The zero-order valence-corrected chi connectivity index (χ0v) is 7.73. The molecule has 0 saturated carbocycles. The highest BCUT2D eigenvalue weighted by Gasteiger charge is 2.29. The van der Waals surface area contributed by atoms with Gasteiger partial charge in [-0.05, 0) is 6.92 Å². The van der Waals surface area contributed by atoms with Crippen LogP contribution in [0.25, 0.3) is 0 Å². The third-order valence-electron chi connectivity index (χ3n) is 1.91. The maximum atomic E-state index is 11.0. The molecule has 2 atom stereocenters. The van der Waals surface area contributed by atoms with Crippen LogP contribution in [0, 0.1) is 0 Å². The van der Waals surface area contributed by atoms with Crippen LogP contribution in [0.3, 0.4) is 0 Å².